The van der Waals surface area contributed by atoms with Crippen LogP contribution in [0.1, 0.15) is 61.1 Å². The molecule has 1 aliphatic rings. The largest absolute Gasteiger partial charge is 0.388 e. The summed E-state index contributed by atoms with van der Waals surface area (Å²) in [5.41, 5.74) is 7.02. The topological polar surface area (TPSA) is 69.2 Å². The fourth-order valence-corrected chi connectivity index (χ4v) is 4.90. The fourth-order valence-electron chi connectivity index (χ4n) is 4.90. The lowest BCUT2D eigenvalue weighted by Gasteiger charge is -2.16. The van der Waals surface area contributed by atoms with Gasteiger partial charge >= 0.3 is 0 Å². The normalized spacial score (nSPS) is 15.4. The number of benzene rings is 1. The van der Waals surface area contributed by atoms with Crippen molar-refractivity contribution >= 4 is 16.9 Å². The van der Waals surface area contributed by atoms with E-state index in [1.54, 1.807) is 29.4 Å². The molecule has 0 amide bonds. The van der Waals surface area contributed by atoms with E-state index in [2.05, 4.69) is 40.0 Å². The summed E-state index contributed by atoms with van der Waals surface area (Å²) in [6, 6.07) is 7.96. The summed E-state index contributed by atoms with van der Waals surface area (Å²) >= 11 is 0. The molecule has 2 aromatic heterocycles. The number of aromatic nitrogens is 3. The van der Waals surface area contributed by atoms with Gasteiger partial charge in [0.05, 0.1) is 12.3 Å². The quantitative estimate of drug-likeness (QED) is 0.173. The third-order valence-corrected chi connectivity index (χ3v) is 7.05. The molecule has 3 aromatic rings. The summed E-state index contributed by atoms with van der Waals surface area (Å²) in [5, 5.41) is 3.21. The molecule has 2 N–H and O–H groups in total. The van der Waals surface area contributed by atoms with E-state index >= 15 is 0 Å². The first kappa shape index (κ1) is 34.0. The molecule has 0 unspecified atom stereocenters. The summed E-state index contributed by atoms with van der Waals surface area (Å²) in [6.07, 6.45) is 8.51. The van der Waals surface area contributed by atoms with Gasteiger partial charge in [-0.2, -0.15) is 0 Å². The van der Waals surface area contributed by atoms with Gasteiger partial charge in [0.2, 0.25) is 0 Å². The molecule has 1 aliphatic heterocycles. The number of hydrogen-bond donors (Lipinski definition) is 2. The Kier molecular flexibility index (Phi) is 11.8. The second kappa shape index (κ2) is 15.3. The van der Waals surface area contributed by atoms with Crippen LogP contribution >= 0.6 is 0 Å². The number of likely N-dealkylation sites (tertiary alicyclic amines) is 1. The Balaban J connectivity index is 0.00000259. The molecule has 4 rings (SSSR count). The molecular weight excluding hydrogens is 561 g/mol. The SMILES string of the molecule is C=CN=C(c1ccc(F)cc1)c1nc(C(=C)C(=C/C(=C)c2cncc(CN3CCC(F)(F)C3)c2)/C(=C\C)NC)[nH]c1C.CC. The molecule has 1 saturated heterocycles. The number of likely N-dealkylation sites (N-methyl/N-ethyl adjacent to an activating group) is 1. The van der Waals surface area contributed by atoms with Gasteiger partial charge in [0.15, 0.2) is 0 Å². The summed E-state index contributed by atoms with van der Waals surface area (Å²) in [7, 11) is 1.81. The van der Waals surface area contributed by atoms with Crippen molar-refractivity contribution in [1.82, 2.24) is 25.2 Å². The molecule has 3 heterocycles. The van der Waals surface area contributed by atoms with Crippen molar-refractivity contribution in [2.24, 2.45) is 4.99 Å². The lowest BCUT2D eigenvalue weighted by atomic mass is 9.97. The van der Waals surface area contributed by atoms with E-state index in [1.165, 1.54) is 18.3 Å². The van der Waals surface area contributed by atoms with E-state index in [0.29, 0.717) is 47.0 Å². The highest BCUT2D eigenvalue weighted by molar-refractivity contribution is 6.12. The predicted octanol–water partition coefficient (Wildman–Crippen LogP) is 7.88. The number of nitrogens with zero attached hydrogens (tertiary/aromatic N) is 4. The Bertz CT molecular complexity index is 1580. The van der Waals surface area contributed by atoms with Gasteiger partial charge in [-0.05, 0) is 67.0 Å². The Labute approximate surface area is 258 Å². The third-order valence-electron chi connectivity index (χ3n) is 7.05. The maximum Gasteiger partial charge on any atom is 0.261 e. The lowest BCUT2D eigenvalue weighted by Crippen LogP contribution is -2.24. The Hall–Kier alpha value is -4.50. The maximum atomic E-state index is 13.7. The minimum atomic E-state index is -2.65. The van der Waals surface area contributed by atoms with Crippen LogP contribution in [0, 0.1) is 12.7 Å². The van der Waals surface area contributed by atoms with E-state index in [4.69, 9.17) is 4.98 Å². The minimum absolute atomic E-state index is 0.129. The van der Waals surface area contributed by atoms with Crippen molar-refractivity contribution in [3.8, 4) is 0 Å². The fraction of sp³-hybridized carbons (Fsp3) is 0.286. The number of halogens is 3. The minimum Gasteiger partial charge on any atom is -0.388 e. The first-order valence-electron chi connectivity index (χ1n) is 14.6. The molecule has 9 heteroatoms. The first-order chi connectivity index (χ1) is 21.0. The van der Waals surface area contributed by atoms with Crippen LogP contribution in [0.25, 0.3) is 11.1 Å². The number of rotatable bonds is 11. The zero-order valence-electron chi connectivity index (χ0n) is 26.1. The van der Waals surface area contributed by atoms with Crippen molar-refractivity contribution in [1.29, 1.82) is 0 Å². The van der Waals surface area contributed by atoms with Crippen LogP contribution in [0.15, 0.2) is 97.1 Å². The van der Waals surface area contributed by atoms with Crippen LogP contribution in [0.4, 0.5) is 13.2 Å². The van der Waals surface area contributed by atoms with Gasteiger partial charge in [0.25, 0.3) is 5.92 Å². The summed E-state index contributed by atoms with van der Waals surface area (Å²) in [4.78, 5) is 18.6. The second-order valence-electron chi connectivity index (χ2n) is 10.1. The van der Waals surface area contributed by atoms with Crippen molar-refractivity contribution in [3.63, 3.8) is 0 Å². The first-order valence-corrected chi connectivity index (χ1v) is 14.6. The summed E-state index contributed by atoms with van der Waals surface area (Å²) in [6.45, 7) is 20.6. The van der Waals surface area contributed by atoms with E-state index in [0.717, 1.165) is 28.1 Å². The average Bonchev–Trinajstić information content (AvgIpc) is 3.57. The number of alkyl halides is 2. The molecule has 0 aliphatic carbocycles. The molecule has 0 radical (unpaired) electrons. The van der Waals surface area contributed by atoms with E-state index in [-0.39, 0.29) is 18.8 Å². The third kappa shape index (κ3) is 8.32. The second-order valence-corrected chi connectivity index (χ2v) is 10.1. The Morgan fingerprint density at radius 1 is 1.16 bits per heavy atom. The molecule has 6 nitrogen and oxygen atoms in total. The molecular formula is C35H41F3N6. The Morgan fingerprint density at radius 2 is 1.86 bits per heavy atom. The molecule has 1 fully saturated rings. The van der Waals surface area contributed by atoms with Crippen molar-refractivity contribution in [3.05, 3.63) is 132 Å². The number of imidazole rings is 1. The highest BCUT2D eigenvalue weighted by Gasteiger charge is 2.37. The smallest absolute Gasteiger partial charge is 0.261 e. The average molecular weight is 603 g/mol. The molecule has 0 spiro atoms. The van der Waals surface area contributed by atoms with Crippen LogP contribution < -0.4 is 5.32 Å². The van der Waals surface area contributed by atoms with Gasteiger partial charge in [0.1, 0.15) is 17.3 Å². The summed E-state index contributed by atoms with van der Waals surface area (Å²) in [5.74, 6) is -2.47. The van der Waals surface area contributed by atoms with Crippen LogP contribution in [0.3, 0.4) is 0 Å². The number of H-pyrrole nitrogens is 1. The van der Waals surface area contributed by atoms with Gasteiger partial charge < -0.3 is 10.3 Å². The van der Waals surface area contributed by atoms with E-state index in [1.807, 2.05) is 53.0 Å². The zero-order chi connectivity index (χ0) is 32.4. The number of allylic oxidation sites excluding steroid dienone is 4. The maximum absolute atomic E-state index is 13.7. The highest BCUT2D eigenvalue weighted by atomic mass is 19.3. The van der Waals surface area contributed by atoms with E-state index < -0.39 is 5.92 Å². The van der Waals surface area contributed by atoms with Crippen LogP contribution in [0.2, 0.25) is 0 Å². The van der Waals surface area contributed by atoms with Gasteiger partial charge in [-0.3, -0.25) is 14.9 Å². The molecule has 0 bridgehead atoms. The lowest BCUT2D eigenvalue weighted by molar-refractivity contribution is 0.0115. The van der Waals surface area contributed by atoms with Crippen LogP contribution in [-0.4, -0.2) is 51.6 Å². The van der Waals surface area contributed by atoms with Crippen molar-refractivity contribution in [2.45, 2.75) is 46.6 Å². The van der Waals surface area contributed by atoms with Crippen LogP contribution in [-0.2, 0) is 6.54 Å². The number of aryl methyl sites for hydroxylation is 1. The number of hydrogen-bond acceptors (Lipinski definition) is 5. The van der Waals surface area contributed by atoms with Crippen LogP contribution in [0.5, 0.6) is 0 Å². The summed E-state index contributed by atoms with van der Waals surface area (Å²) < 4.78 is 40.9. The molecule has 232 valence electrons. The van der Waals surface area contributed by atoms with E-state index in [9.17, 15) is 13.2 Å². The standard InChI is InChI=1S/C33H35F3N6.C2H6/c1-7-29(37-6)28(15-21(3)26-16-24(17-38-18-26)19-42-14-13-33(35,36)20-42)22(4)32-40-23(5)30(41-32)31(39-8-2)25-9-11-27(34)12-10-25;1-2/h7-12,15-18,37H,2-4,13-14,19-20H2,1,5-6H3,(H,40,41);1-2H3/b28-15-,29-7+,39-31?;. The van der Waals surface area contributed by atoms with Gasteiger partial charge in [-0.25, -0.2) is 18.2 Å². The number of pyridine rings is 1. The monoisotopic (exact) mass is 602 g/mol. The number of aliphatic imine (C=N–C) groups is 1. The van der Waals surface area contributed by atoms with Gasteiger partial charge in [0, 0.05) is 73.3 Å². The molecule has 0 atom stereocenters. The van der Waals surface area contributed by atoms with Gasteiger partial charge in [-0.15, -0.1) is 0 Å². The van der Waals surface area contributed by atoms with Crippen molar-refractivity contribution in [2.75, 3.05) is 20.1 Å². The predicted molar refractivity (Wildman–Crippen MR) is 175 cm³/mol. The molecule has 44 heavy (non-hydrogen) atoms. The van der Waals surface area contributed by atoms with Gasteiger partial charge in [-0.1, -0.05) is 39.7 Å². The van der Waals surface area contributed by atoms with Crippen molar-refractivity contribution < 1.29 is 13.2 Å². The number of nitrogens with one attached hydrogen (secondary N) is 2. The Morgan fingerprint density at radius 3 is 2.45 bits per heavy atom. The molecule has 1 aromatic carbocycles. The molecule has 0 saturated carbocycles. The number of aromatic amines is 1. The zero-order valence-corrected chi connectivity index (χ0v) is 26.1. The highest BCUT2D eigenvalue weighted by Crippen LogP contribution is 2.30.